The van der Waals surface area contributed by atoms with E-state index in [0.29, 0.717) is 12.1 Å². The maximum Gasteiger partial charge on any atom is 0.187 e. The van der Waals surface area contributed by atoms with E-state index in [1.165, 1.54) is 11.5 Å². The molecule has 0 fully saturated rings. The molecule has 11 heavy (non-hydrogen) atoms. The van der Waals surface area contributed by atoms with Crippen LogP contribution < -0.4 is 0 Å². The molecule has 0 aliphatic heterocycles. The van der Waals surface area contributed by atoms with Crippen molar-refractivity contribution in [1.29, 1.82) is 0 Å². The Hall–Kier alpha value is -0.480. The number of fused-ring (bicyclic) bond motifs is 1. The summed E-state index contributed by atoms with van der Waals surface area (Å²) in [4.78, 5) is 11.2. The molecule has 0 radical (unpaired) electrons. The smallest absolute Gasteiger partial charge is 0.187 e. The number of nitrogens with zero attached hydrogens (tertiary/aromatic N) is 1. The number of ketones is 1. The van der Waals surface area contributed by atoms with Gasteiger partial charge in [0.2, 0.25) is 0 Å². The van der Waals surface area contributed by atoms with E-state index in [4.69, 9.17) is 0 Å². The van der Waals surface area contributed by atoms with Gasteiger partial charge in [-0.1, -0.05) is 15.9 Å². The highest BCUT2D eigenvalue weighted by Crippen LogP contribution is 2.27. The summed E-state index contributed by atoms with van der Waals surface area (Å²) in [6.45, 7) is 0. The number of carbonyl (C=O) groups is 1. The topological polar surface area (TPSA) is 30.0 Å². The summed E-state index contributed by atoms with van der Waals surface area (Å²) in [6.07, 6.45) is 2.40. The molecule has 0 spiro atoms. The second-order valence-corrected chi connectivity index (χ2v) is 3.96. The molecule has 2 nitrogen and oxygen atoms in total. The summed E-state index contributed by atoms with van der Waals surface area (Å²) in [7, 11) is 0. The van der Waals surface area contributed by atoms with Crippen LogP contribution in [0.1, 0.15) is 22.5 Å². The SMILES string of the molecule is O=C1CC(Br)=Cc2csnc21. The standard InChI is InChI=1S/C7H4BrNOS/c8-5-1-4-3-11-9-7(4)6(10)2-5/h1,3H,2H2. The third kappa shape index (κ3) is 1.16. The summed E-state index contributed by atoms with van der Waals surface area (Å²) in [6, 6.07) is 0. The lowest BCUT2D eigenvalue weighted by atomic mass is 10.1. The van der Waals surface area contributed by atoms with Crippen LogP contribution >= 0.6 is 27.5 Å². The Kier molecular flexibility index (Phi) is 1.65. The first-order valence-corrected chi connectivity index (χ1v) is 4.74. The second kappa shape index (κ2) is 2.53. The van der Waals surface area contributed by atoms with E-state index < -0.39 is 0 Å². The minimum absolute atomic E-state index is 0.107. The monoisotopic (exact) mass is 229 g/mol. The zero-order valence-corrected chi connectivity index (χ0v) is 7.91. The van der Waals surface area contributed by atoms with Crippen LogP contribution in [-0.4, -0.2) is 10.2 Å². The highest BCUT2D eigenvalue weighted by Gasteiger charge is 2.18. The fourth-order valence-corrected chi connectivity index (χ4v) is 2.18. The van der Waals surface area contributed by atoms with Crippen molar-refractivity contribution in [2.45, 2.75) is 6.42 Å². The molecule has 0 bridgehead atoms. The van der Waals surface area contributed by atoms with Crippen molar-refractivity contribution in [3.05, 3.63) is 21.1 Å². The number of allylic oxidation sites excluding steroid dienone is 1. The van der Waals surface area contributed by atoms with Gasteiger partial charge in [-0.3, -0.25) is 4.79 Å². The van der Waals surface area contributed by atoms with E-state index >= 15 is 0 Å². The average molecular weight is 230 g/mol. The van der Waals surface area contributed by atoms with Crippen molar-refractivity contribution in [3.63, 3.8) is 0 Å². The molecular weight excluding hydrogens is 226 g/mol. The van der Waals surface area contributed by atoms with Gasteiger partial charge in [-0.2, -0.15) is 4.37 Å². The second-order valence-electron chi connectivity index (χ2n) is 2.31. The van der Waals surface area contributed by atoms with Crippen LogP contribution in [0.5, 0.6) is 0 Å². The summed E-state index contributed by atoms with van der Waals surface area (Å²) < 4.78 is 4.94. The fourth-order valence-electron chi connectivity index (χ4n) is 1.02. The Bertz CT molecular complexity index is 342. The lowest BCUT2D eigenvalue weighted by Crippen LogP contribution is -2.04. The number of rotatable bonds is 0. The molecule has 4 heteroatoms. The molecule has 0 amide bonds. The first kappa shape index (κ1) is 7.18. The molecule has 1 aromatic heterocycles. The third-order valence-corrected chi connectivity index (χ3v) is 2.66. The Labute approximate surface area is 76.2 Å². The van der Waals surface area contributed by atoms with E-state index in [2.05, 4.69) is 20.3 Å². The van der Waals surface area contributed by atoms with Gasteiger partial charge in [0.15, 0.2) is 5.78 Å². The highest BCUT2D eigenvalue weighted by atomic mass is 79.9. The van der Waals surface area contributed by atoms with Gasteiger partial charge in [-0.15, -0.1) is 0 Å². The van der Waals surface area contributed by atoms with Gasteiger partial charge in [-0.25, -0.2) is 0 Å². The summed E-state index contributed by atoms with van der Waals surface area (Å²) in [5.74, 6) is 0.107. The van der Waals surface area contributed by atoms with Gasteiger partial charge in [0.25, 0.3) is 0 Å². The predicted molar refractivity (Wildman–Crippen MR) is 48.0 cm³/mol. The quantitative estimate of drug-likeness (QED) is 0.685. The van der Waals surface area contributed by atoms with Gasteiger partial charge in [-0.05, 0) is 17.6 Å². The maximum atomic E-state index is 11.2. The first-order chi connectivity index (χ1) is 5.27. The van der Waals surface area contributed by atoms with E-state index in [1.54, 1.807) is 0 Å². The number of carbonyl (C=O) groups excluding carboxylic acids is 1. The van der Waals surface area contributed by atoms with Crippen molar-refractivity contribution in [1.82, 2.24) is 4.37 Å². The molecule has 56 valence electrons. The molecule has 0 atom stereocenters. The van der Waals surface area contributed by atoms with Crippen LogP contribution in [0.3, 0.4) is 0 Å². The third-order valence-electron chi connectivity index (χ3n) is 1.50. The normalized spacial score (nSPS) is 16.1. The minimum atomic E-state index is 0.107. The summed E-state index contributed by atoms with van der Waals surface area (Å²) in [5, 5.41) is 1.88. The van der Waals surface area contributed by atoms with Crippen LogP contribution in [0.2, 0.25) is 0 Å². The zero-order chi connectivity index (χ0) is 7.84. The Morgan fingerprint density at radius 3 is 3.27 bits per heavy atom. The van der Waals surface area contributed by atoms with Crippen molar-refractivity contribution in [3.8, 4) is 0 Å². The number of Topliss-reactive ketones (excluding diaryl/α,β-unsaturated/α-hetero) is 1. The largest absolute Gasteiger partial charge is 0.292 e. The van der Waals surface area contributed by atoms with Crippen molar-refractivity contribution in [2.24, 2.45) is 0 Å². The fraction of sp³-hybridized carbons (Fsp3) is 0.143. The van der Waals surface area contributed by atoms with Gasteiger partial charge in [0, 0.05) is 21.8 Å². The summed E-state index contributed by atoms with van der Waals surface area (Å²) in [5.41, 5.74) is 1.57. The maximum absolute atomic E-state index is 11.2. The molecule has 0 aromatic carbocycles. The molecule has 1 heterocycles. The molecule has 0 saturated carbocycles. The van der Waals surface area contributed by atoms with Gasteiger partial charge in [0.1, 0.15) is 5.69 Å². The van der Waals surface area contributed by atoms with Crippen LogP contribution in [0.15, 0.2) is 9.86 Å². The van der Waals surface area contributed by atoms with E-state index in [9.17, 15) is 4.79 Å². The van der Waals surface area contributed by atoms with Gasteiger partial charge >= 0.3 is 0 Å². The predicted octanol–water partition coefficient (Wildman–Crippen LogP) is 2.47. The molecule has 1 aliphatic rings. The lowest BCUT2D eigenvalue weighted by molar-refractivity contribution is 0.0990. The van der Waals surface area contributed by atoms with Crippen LogP contribution in [0, 0.1) is 0 Å². The zero-order valence-electron chi connectivity index (χ0n) is 5.50. The van der Waals surface area contributed by atoms with E-state index in [0.717, 1.165) is 10.0 Å². The molecule has 0 N–H and O–H groups in total. The Morgan fingerprint density at radius 1 is 1.64 bits per heavy atom. The number of halogens is 1. The lowest BCUT2D eigenvalue weighted by Gasteiger charge is -2.04. The van der Waals surface area contributed by atoms with Gasteiger partial charge < -0.3 is 0 Å². The first-order valence-electron chi connectivity index (χ1n) is 3.11. The number of hydrogen-bond donors (Lipinski definition) is 0. The van der Waals surface area contributed by atoms with Crippen LogP contribution in [0.25, 0.3) is 6.08 Å². The molecule has 1 aliphatic carbocycles. The van der Waals surface area contributed by atoms with E-state index in [-0.39, 0.29) is 5.78 Å². The average Bonchev–Trinajstić information content (AvgIpc) is 2.34. The van der Waals surface area contributed by atoms with Crippen molar-refractivity contribution < 1.29 is 4.79 Å². The minimum Gasteiger partial charge on any atom is -0.292 e. The molecule has 1 aromatic rings. The number of aromatic nitrogens is 1. The summed E-state index contributed by atoms with van der Waals surface area (Å²) >= 11 is 4.63. The van der Waals surface area contributed by atoms with Crippen molar-refractivity contribution >= 4 is 39.3 Å². The van der Waals surface area contributed by atoms with Crippen LogP contribution in [0.4, 0.5) is 0 Å². The molecular formula is C7H4BrNOS. The molecule has 0 unspecified atom stereocenters. The van der Waals surface area contributed by atoms with E-state index in [1.807, 2.05) is 11.5 Å². The Balaban J connectivity index is 2.60. The molecule has 2 rings (SSSR count). The van der Waals surface area contributed by atoms with Crippen LogP contribution in [-0.2, 0) is 0 Å². The van der Waals surface area contributed by atoms with Gasteiger partial charge in [0.05, 0.1) is 0 Å². The Morgan fingerprint density at radius 2 is 2.45 bits per heavy atom. The van der Waals surface area contributed by atoms with Crippen molar-refractivity contribution in [2.75, 3.05) is 0 Å². The number of hydrogen-bond acceptors (Lipinski definition) is 3. The molecule has 0 saturated heterocycles. The highest BCUT2D eigenvalue weighted by molar-refractivity contribution is 9.11.